The highest BCUT2D eigenvalue weighted by molar-refractivity contribution is 5.78. The second-order valence-corrected chi connectivity index (χ2v) is 1.44. The van der Waals surface area contributed by atoms with Crippen molar-refractivity contribution in [3.05, 3.63) is 0 Å². The van der Waals surface area contributed by atoms with Gasteiger partial charge in [-0.05, 0) is 6.92 Å². The summed E-state index contributed by atoms with van der Waals surface area (Å²) in [5.74, 6) is -0.771. The lowest BCUT2D eigenvalue weighted by Gasteiger charge is -2.03. The molecule has 0 aromatic heterocycles. The van der Waals surface area contributed by atoms with Gasteiger partial charge in [-0.3, -0.25) is 0 Å². The zero-order valence-corrected chi connectivity index (χ0v) is 5.50. The lowest BCUT2D eigenvalue weighted by molar-refractivity contribution is -0.146. The number of carbonyl (C=O) groups is 1. The SMILES string of the molecule is CCOC(=O)C(C#N)NO. The summed E-state index contributed by atoms with van der Waals surface area (Å²) in [4.78, 5) is 10.5. The van der Waals surface area contributed by atoms with Crippen LogP contribution in [0, 0.1) is 11.3 Å². The predicted molar refractivity (Wildman–Crippen MR) is 31.0 cm³/mol. The molecule has 0 saturated carbocycles. The maximum atomic E-state index is 10.5. The van der Waals surface area contributed by atoms with Crippen LogP contribution in [0.2, 0.25) is 0 Å². The van der Waals surface area contributed by atoms with Gasteiger partial charge >= 0.3 is 5.97 Å². The fourth-order valence-electron chi connectivity index (χ4n) is 0.360. The molecule has 0 aromatic carbocycles. The topological polar surface area (TPSA) is 82.4 Å². The first-order chi connectivity index (χ1) is 4.76. The molecule has 0 radical (unpaired) electrons. The number of hydroxylamine groups is 1. The van der Waals surface area contributed by atoms with Crippen LogP contribution in [-0.4, -0.2) is 23.8 Å². The number of ether oxygens (including phenoxy) is 1. The van der Waals surface area contributed by atoms with Gasteiger partial charge in [-0.2, -0.15) is 10.7 Å². The van der Waals surface area contributed by atoms with Gasteiger partial charge < -0.3 is 9.94 Å². The van der Waals surface area contributed by atoms with E-state index in [1.807, 2.05) is 0 Å². The number of nitrogens with one attached hydrogen (secondary N) is 1. The van der Waals surface area contributed by atoms with E-state index in [-0.39, 0.29) is 6.61 Å². The number of nitriles is 1. The first kappa shape index (κ1) is 8.88. The van der Waals surface area contributed by atoms with Crippen molar-refractivity contribution in [3.8, 4) is 6.07 Å². The van der Waals surface area contributed by atoms with Crippen molar-refractivity contribution in [2.75, 3.05) is 6.61 Å². The molecule has 56 valence electrons. The normalized spacial score (nSPS) is 11.7. The molecule has 1 unspecified atom stereocenters. The second-order valence-electron chi connectivity index (χ2n) is 1.44. The van der Waals surface area contributed by atoms with Crippen molar-refractivity contribution in [1.29, 1.82) is 5.26 Å². The Labute approximate surface area is 58.2 Å². The van der Waals surface area contributed by atoms with E-state index in [4.69, 9.17) is 10.5 Å². The third-order valence-corrected chi connectivity index (χ3v) is 0.780. The van der Waals surface area contributed by atoms with Crippen LogP contribution < -0.4 is 5.48 Å². The van der Waals surface area contributed by atoms with Crippen LogP contribution in [0.5, 0.6) is 0 Å². The van der Waals surface area contributed by atoms with E-state index >= 15 is 0 Å². The number of rotatable bonds is 3. The molecule has 0 saturated heterocycles. The van der Waals surface area contributed by atoms with Crippen LogP contribution >= 0.6 is 0 Å². The van der Waals surface area contributed by atoms with Crippen LogP contribution in [0.3, 0.4) is 0 Å². The van der Waals surface area contributed by atoms with Gasteiger partial charge in [0.2, 0.25) is 6.04 Å². The molecule has 5 heteroatoms. The molecule has 0 fully saturated rings. The second kappa shape index (κ2) is 4.73. The Hall–Kier alpha value is -1.12. The summed E-state index contributed by atoms with van der Waals surface area (Å²) in [6.45, 7) is 1.81. The highest BCUT2D eigenvalue weighted by Crippen LogP contribution is 1.84. The molecule has 0 rings (SSSR count). The van der Waals surface area contributed by atoms with E-state index in [0.717, 1.165) is 0 Å². The summed E-state index contributed by atoms with van der Waals surface area (Å²) in [5.41, 5.74) is 1.50. The van der Waals surface area contributed by atoms with Crippen LogP contribution in [0.15, 0.2) is 0 Å². The summed E-state index contributed by atoms with van der Waals surface area (Å²) >= 11 is 0. The highest BCUT2D eigenvalue weighted by Gasteiger charge is 2.16. The Balaban J connectivity index is 3.80. The van der Waals surface area contributed by atoms with Crippen molar-refractivity contribution >= 4 is 5.97 Å². The molecule has 0 aliphatic carbocycles. The van der Waals surface area contributed by atoms with Crippen LogP contribution in [0.1, 0.15) is 6.92 Å². The first-order valence-electron chi connectivity index (χ1n) is 2.72. The van der Waals surface area contributed by atoms with Gasteiger partial charge in [0, 0.05) is 0 Å². The quantitative estimate of drug-likeness (QED) is 0.409. The molecule has 0 bridgehead atoms. The molecule has 0 amide bonds. The molecule has 0 heterocycles. The zero-order chi connectivity index (χ0) is 7.98. The number of nitrogens with zero attached hydrogens (tertiary/aromatic N) is 1. The Morgan fingerprint density at radius 2 is 2.60 bits per heavy atom. The zero-order valence-electron chi connectivity index (χ0n) is 5.50. The predicted octanol–water partition coefficient (Wildman–Crippen LogP) is -0.580. The maximum Gasteiger partial charge on any atom is 0.340 e. The largest absolute Gasteiger partial charge is 0.464 e. The summed E-state index contributed by atoms with van der Waals surface area (Å²) in [6.07, 6.45) is 0. The molecule has 0 aliphatic heterocycles. The van der Waals surface area contributed by atoms with Gasteiger partial charge in [0.1, 0.15) is 0 Å². The first-order valence-corrected chi connectivity index (χ1v) is 2.72. The Kier molecular flexibility index (Phi) is 4.20. The summed E-state index contributed by atoms with van der Waals surface area (Å²) in [7, 11) is 0. The smallest absolute Gasteiger partial charge is 0.340 e. The molecule has 1 atom stereocenters. The van der Waals surface area contributed by atoms with E-state index in [0.29, 0.717) is 0 Å². The highest BCUT2D eigenvalue weighted by atomic mass is 16.5. The summed E-state index contributed by atoms with van der Waals surface area (Å²) < 4.78 is 4.40. The van der Waals surface area contributed by atoms with Crippen LogP contribution in [0.4, 0.5) is 0 Å². The monoisotopic (exact) mass is 144 g/mol. The minimum absolute atomic E-state index is 0.193. The molecule has 0 aliphatic rings. The maximum absolute atomic E-state index is 10.5. The fraction of sp³-hybridized carbons (Fsp3) is 0.600. The third-order valence-electron chi connectivity index (χ3n) is 0.780. The third kappa shape index (κ3) is 2.44. The molecule has 0 spiro atoms. The van der Waals surface area contributed by atoms with Crippen molar-refractivity contribution in [2.24, 2.45) is 0 Å². The lowest BCUT2D eigenvalue weighted by atomic mass is 10.4. The average Bonchev–Trinajstić information content (AvgIpc) is 1.91. The Morgan fingerprint density at radius 3 is 2.90 bits per heavy atom. The average molecular weight is 144 g/mol. The number of hydrogen-bond donors (Lipinski definition) is 2. The Bertz CT molecular complexity index is 151. The van der Waals surface area contributed by atoms with E-state index in [9.17, 15) is 4.79 Å². The van der Waals surface area contributed by atoms with Crippen molar-refractivity contribution in [1.82, 2.24) is 5.48 Å². The summed E-state index contributed by atoms with van der Waals surface area (Å²) in [6, 6.07) is 0.223. The fourth-order valence-corrected chi connectivity index (χ4v) is 0.360. The van der Waals surface area contributed by atoms with Gasteiger partial charge in [-0.25, -0.2) is 4.79 Å². The molecule has 2 N–H and O–H groups in total. The van der Waals surface area contributed by atoms with Crippen LogP contribution in [-0.2, 0) is 9.53 Å². The minimum Gasteiger partial charge on any atom is -0.464 e. The van der Waals surface area contributed by atoms with Crippen LogP contribution in [0.25, 0.3) is 0 Å². The minimum atomic E-state index is -1.28. The standard InChI is InChI=1S/C5H8N2O3/c1-2-10-5(8)4(3-6)7-9/h4,7,9H,2H2,1H3. The van der Waals surface area contributed by atoms with Gasteiger partial charge in [0.25, 0.3) is 0 Å². The van der Waals surface area contributed by atoms with E-state index in [2.05, 4.69) is 4.74 Å². The summed E-state index contributed by atoms with van der Waals surface area (Å²) in [5, 5.41) is 16.3. The lowest BCUT2D eigenvalue weighted by Crippen LogP contribution is -2.34. The number of esters is 1. The Morgan fingerprint density at radius 1 is 2.00 bits per heavy atom. The van der Waals surface area contributed by atoms with Gasteiger partial charge in [-0.15, -0.1) is 0 Å². The van der Waals surface area contributed by atoms with Crippen molar-refractivity contribution in [3.63, 3.8) is 0 Å². The van der Waals surface area contributed by atoms with E-state index in [1.54, 1.807) is 6.92 Å². The van der Waals surface area contributed by atoms with E-state index < -0.39 is 12.0 Å². The molecular weight excluding hydrogens is 136 g/mol. The molecular formula is C5H8N2O3. The number of hydrogen-bond acceptors (Lipinski definition) is 5. The number of carbonyl (C=O) groups excluding carboxylic acids is 1. The molecule has 5 nitrogen and oxygen atoms in total. The van der Waals surface area contributed by atoms with Gasteiger partial charge in [0.05, 0.1) is 12.7 Å². The van der Waals surface area contributed by atoms with Gasteiger partial charge in [0.15, 0.2) is 0 Å². The van der Waals surface area contributed by atoms with E-state index in [1.165, 1.54) is 11.5 Å². The van der Waals surface area contributed by atoms with Crippen molar-refractivity contribution in [2.45, 2.75) is 13.0 Å². The molecule has 10 heavy (non-hydrogen) atoms. The van der Waals surface area contributed by atoms with Crippen molar-refractivity contribution < 1.29 is 14.7 Å². The molecule has 0 aromatic rings. The van der Waals surface area contributed by atoms with Gasteiger partial charge in [-0.1, -0.05) is 0 Å².